The summed E-state index contributed by atoms with van der Waals surface area (Å²) >= 11 is 6.53. The van der Waals surface area contributed by atoms with Crippen LogP contribution < -0.4 is 20.3 Å². The fraction of sp³-hybridized carbons (Fsp3) is 0.333. The van der Waals surface area contributed by atoms with Crippen molar-refractivity contribution < 1.29 is 14.3 Å². The van der Waals surface area contributed by atoms with Crippen molar-refractivity contribution in [1.82, 2.24) is 9.47 Å². The Morgan fingerprint density at radius 2 is 1.94 bits per heavy atom. The summed E-state index contributed by atoms with van der Waals surface area (Å²) in [5.41, 5.74) is 1.80. The van der Waals surface area contributed by atoms with E-state index in [0.29, 0.717) is 57.2 Å². The van der Waals surface area contributed by atoms with Crippen LogP contribution in [0.4, 0.5) is 5.82 Å². The first-order valence-corrected chi connectivity index (χ1v) is 11.8. The number of ether oxygens (including phenoxy) is 2. The molecule has 0 radical (unpaired) electrons. The van der Waals surface area contributed by atoms with Crippen LogP contribution in [0.1, 0.15) is 29.2 Å². The lowest BCUT2D eigenvalue weighted by Gasteiger charge is -2.18. The van der Waals surface area contributed by atoms with E-state index in [0.717, 1.165) is 5.56 Å². The number of hydrogen-bond donors (Lipinski definition) is 1. The van der Waals surface area contributed by atoms with Crippen molar-refractivity contribution in [2.75, 3.05) is 32.6 Å². The van der Waals surface area contributed by atoms with E-state index in [1.165, 1.54) is 21.2 Å². The van der Waals surface area contributed by atoms with Crippen molar-refractivity contribution in [2.45, 2.75) is 20.3 Å². The molecule has 1 aliphatic heterocycles. The first kappa shape index (κ1) is 25.3. The highest BCUT2D eigenvalue weighted by molar-refractivity contribution is 8.26. The maximum atomic E-state index is 12.8. The Hall–Kier alpha value is -3.29. The summed E-state index contributed by atoms with van der Waals surface area (Å²) < 4.78 is 12.6. The van der Waals surface area contributed by atoms with E-state index in [-0.39, 0.29) is 11.5 Å². The molecule has 1 N–H and O–H groups in total. The molecule has 1 aliphatic rings. The zero-order valence-corrected chi connectivity index (χ0v) is 21.4. The minimum Gasteiger partial charge on any atom is -0.493 e. The summed E-state index contributed by atoms with van der Waals surface area (Å²) in [4.78, 5) is 27.5. The lowest BCUT2D eigenvalue weighted by atomic mass is 10.0. The maximum Gasteiger partial charge on any atom is 0.270 e. The molecule has 2 heterocycles. The van der Waals surface area contributed by atoms with E-state index in [2.05, 4.69) is 5.32 Å². The lowest BCUT2D eigenvalue weighted by molar-refractivity contribution is -0.121. The highest BCUT2D eigenvalue weighted by Crippen LogP contribution is 2.34. The van der Waals surface area contributed by atoms with Gasteiger partial charge in [0.05, 0.1) is 19.1 Å². The Balaban J connectivity index is 1.97. The molecule has 178 valence electrons. The number of carbonyl (C=O) groups is 1. The Kier molecular flexibility index (Phi) is 8.02. The normalized spacial score (nSPS) is 14.5. The molecule has 1 fully saturated rings. The lowest BCUT2D eigenvalue weighted by Crippen LogP contribution is -2.27. The van der Waals surface area contributed by atoms with Crippen LogP contribution in [0.15, 0.2) is 27.9 Å². The molecule has 34 heavy (non-hydrogen) atoms. The van der Waals surface area contributed by atoms with Crippen molar-refractivity contribution in [3.63, 3.8) is 0 Å². The second-order valence-corrected chi connectivity index (χ2v) is 9.21. The van der Waals surface area contributed by atoms with Gasteiger partial charge in [0, 0.05) is 25.7 Å². The summed E-state index contributed by atoms with van der Waals surface area (Å²) in [7, 11) is 4.78. The SMILES string of the molecule is CCN1C(=O)/C(=C\c2c(C)c(C#N)c(=O)n(C)c2NCCc2ccc(OC)c(OC)c2)SC1=S. The van der Waals surface area contributed by atoms with Gasteiger partial charge in [0.15, 0.2) is 11.5 Å². The van der Waals surface area contributed by atoms with Gasteiger partial charge in [0.1, 0.15) is 21.8 Å². The quantitative estimate of drug-likeness (QED) is 0.437. The molecule has 0 bridgehead atoms. The predicted octanol–water partition coefficient (Wildman–Crippen LogP) is 3.46. The molecule has 8 nitrogen and oxygen atoms in total. The molecule has 0 saturated carbocycles. The molecule has 2 aromatic rings. The molecule has 0 aliphatic carbocycles. The summed E-state index contributed by atoms with van der Waals surface area (Å²) in [5.74, 6) is 1.64. The highest BCUT2D eigenvalue weighted by atomic mass is 32.2. The van der Waals surface area contributed by atoms with Crippen molar-refractivity contribution in [1.29, 1.82) is 5.26 Å². The number of aromatic nitrogens is 1. The summed E-state index contributed by atoms with van der Waals surface area (Å²) in [6, 6.07) is 7.69. The second kappa shape index (κ2) is 10.8. The third kappa shape index (κ3) is 4.81. The van der Waals surface area contributed by atoms with Gasteiger partial charge < -0.3 is 14.8 Å². The Morgan fingerprint density at radius 1 is 1.24 bits per heavy atom. The van der Waals surface area contributed by atoms with Crippen molar-refractivity contribution in [3.8, 4) is 17.6 Å². The van der Waals surface area contributed by atoms with Crippen molar-refractivity contribution in [3.05, 3.63) is 55.7 Å². The van der Waals surface area contributed by atoms with Crippen LogP contribution in [-0.2, 0) is 18.3 Å². The van der Waals surface area contributed by atoms with Gasteiger partial charge in [-0.2, -0.15) is 5.26 Å². The number of nitriles is 1. The van der Waals surface area contributed by atoms with Crippen LogP contribution in [-0.4, -0.2) is 47.0 Å². The number of anilines is 1. The number of rotatable bonds is 8. The number of nitrogens with zero attached hydrogens (tertiary/aromatic N) is 3. The Labute approximate surface area is 208 Å². The zero-order valence-electron chi connectivity index (χ0n) is 19.7. The maximum absolute atomic E-state index is 12.8. The number of carbonyl (C=O) groups excluding carboxylic acids is 1. The minimum atomic E-state index is -0.396. The van der Waals surface area contributed by atoms with Crippen LogP contribution >= 0.6 is 24.0 Å². The molecule has 1 aromatic heterocycles. The number of amides is 1. The summed E-state index contributed by atoms with van der Waals surface area (Å²) in [5, 5.41) is 12.9. The number of benzene rings is 1. The topological polar surface area (TPSA) is 96.6 Å². The van der Waals surface area contributed by atoms with E-state index in [1.54, 1.807) is 34.3 Å². The molecule has 1 amide bonds. The van der Waals surface area contributed by atoms with Gasteiger partial charge in [-0.3, -0.25) is 19.1 Å². The van der Waals surface area contributed by atoms with Gasteiger partial charge in [0.2, 0.25) is 0 Å². The number of hydrogen-bond acceptors (Lipinski definition) is 8. The molecule has 3 rings (SSSR count). The number of thiocarbonyl (C=S) groups is 1. The number of thioether (sulfide) groups is 1. The Morgan fingerprint density at radius 3 is 2.53 bits per heavy atom. The van der Waals surface area contributed by atoms with Crippen molar-refractivity contribution in [2.24, 2.45) is 7.05 Å². The summed E-state index contributed by atoms with van der Waals surface area (Å²) in [6.45, 7) is 4.56. The number of likely N-dealkylation sites (N-methyl/N-ethyl adjacent to an activating group) is 1. The Bertz CT molecular complexity index is 1280. The summed E-state index contributed by atoms with van der Waals surface area (Å²) in [6.07, 6.45) is 2.36. The molecule has 0 unspecified atom stereocenters. The molecule has 0 atom stereocenters. The average Bonchev–Trinajstić information content (AvgIpc) is 3.11. The van der Waals surface area contributed by atoms with Gasteiger partial charge >= 0.3 is 0 Å². The van der Waals surface area contributed by atoms with Gasteiger partial charge in [-0.1, -0.05) is 30.0 Å². The molecular formula is C24H26N4O4S2. The molecular weight excluding hydrogens is 472 g/mol. The van der Waals surface area contributed by atoms with E-state index in [9.17, 15) is 14.9 Å². The highest BCUT2D eigenvalue weighted by Gasteiger charge is 2.31. The largest absolute Gasteiger partial charge is 0.493 e. The number of methoxy groups -OCH3 is 2. The smallest absolute Gasteiger partial charge is 0.270 e. The first-order valence-electron chi connectivity index (χ1n) is 10.6. The fourth-order valence-electron chi connectivity index (χ4n) is 3.71. The van der Waals surface area contributed by atoms with E-state index in [4.69, 9.17) is 21.7 Å². The first-order chi connectivity index (χ1) is 16.3. The number of pyridine rings is 1. The average molecular weight is 499 g/mol. The van der Waals surface area contributed by atoms with Gasteiger partial charge in [0.25, 0.3) is 11.5 Å². The molecule has 0 spiro atoms. The second-order valence-electron chi connectivity index (χ2n) is 7.53. The van der Waals surface area contributed by atoms with Crippen LogP contribution in [0, 0.1) is 18.3 Å². The third-order valence-electron chi connectivity index (χ3n) is 5.62. The fourth-order valence-corrected chi connectivity index (χ4v) is 5.08. The van der Waals surface area contributed by atoms with Crippen LogP contribution in [0.2, 0.25) is 0 Å². The zero-order chi connectivity index (χ0) is 25.0. The van der Waals surface area contributed by atoms with E-state index in [1.807, 2.05) is 31.2 Å². The van der Waals surface area contributed by atoms with E-state index >= 15 is 0 Å². The minimum absolute atomic E-state index is 0.0464. The molecule has 10 heteroatoms. The van der Waals surface area contributed by atoms with Crippen molar-refractivity contribution >= 4 is 46.1 Å². The van der Waals surface area contributed by atoms with Crippen LogP contribution in [0.3, 0.4) is 0 Å². The van der Waals surface area contributed by atoms with E-state index < -0.39 is 5.56 Å². The molecule has 1 aromatic carbocycles. The van der Waals surface area contributed by atoms with Gasteiger partial charge in [-0.25, -0.2) is 0 Å². The molecule has 1 saturated heterocycles. The van der Waals surface area contributed by atoms with Crippen LogP contribution in [0.5, 0.6) is 11.5 Å². The standard InChI is InChI=1S/C24H26N4O4S2/c1-6-28-23(30)20(34-24(28)33)12-16-14(2)17(13-25)22(29)27(3)21(16)26-10-9-15-7-8-18(31-4)19(11-15)32-5/h7-8,11-12,26H,6,9-10H2,1-5H3/b20-12+. The predicted molar refractivity (Wildman–Crippen MR) is 138 cm³/mol. The van der Waals surface area contributed by atoms with Gasteiger partial charge in [-0.15, -0.1) is 0 Å². The van der Waals surface area contributed by atoms with Crippen LogP contribution in [0.25, 0.3) is 6.08 Å². The van der Waals surface area contributed by atoms with Gasteiger partial charge in [-0.05, 0) is 49.6 Å². The number of nitrogens with one attached hydrogen (secondary N) is 1. The third-order valence-corrected chi connectivity index (χ3v) is 7.00. The monoisotopic (exact) mass is 498 g/mol.